The standard InChI is InChI=1S/C11H19N3O2/c1-9(2)13-3-5-14(6-4-13)11-12-10(7-15)8-16-11/h8-9,15H,3-7H2,1-2H3. The molecule has 90 valence electrons. The van der Waals surface area contributed by atoms with Crippen molar-refractivity contribution < 1.29 is 9.52 Å². The van der Waals surface area contributed by atoms with Crippen LogP contribution in [0.3, 0.4) is 0 Å². The summed E-state index contributed by atoms with van der Waals surface area (Å²) in [5, 5.41) is 8.91. The van der Waals surface area contributed by atoms with Crippen LogP contribution in [-0.2, 0) is 6.61 Å². The van der Waals surface area contributed by atoms with Gasteiger partial charge in [-0.05, 0) is 13.8 Å². The van der Waals surface area contributed by atoms with Crippen molar-refractivity contribution in [3.05, 3.63) is 12.0 Å². The van der Waals surface area contributed by atoms with Crippen LogP contribution in [0, 0.1) is 0 Å². The number of hydrogen-bond acceptors (Lipinski definition) is 5. The molecule has 0 aliphatic carbocycles. The molecule has 16 heavy (non-hydrogen) atoms. The first-order valence-corrected chi connectivity index (χ1v) is 5.75. The minimum atomic E-state index is -0.0601. The first kappa shape index (κ1) is 11.4. The summed E-state index contributed by atoms with van der Waals surface area (Å²) in [5.74, 6) is 0. The fourth-order valence-electron chi connectivity index (χ4n) is 1.94. The second-order valence-electron chi connectivity index (χ2n) is 4.40. The van der Waals surface area contributed by atoms with E-state index < -0.39 is 0 Å². The zero-order valence-corrected chi connectivity index (χ0v) is 9.89. The zero-order chi connectivity index (χ0) is 11.5. The smallest absolute Gasteiger partial charge is 0.297 e. The van der Waals surface area contributed by atoms with Gasteiger partial charge < -0.3 is 14.4 Å². The van der Waals surface area contributed by atoms with Crippen molar-refractivity contribution in [2.45, 2.75) is 26.5 Å². The van der Waals surface area contributed by atoms with E-state index in [9.17, 15) is 0 Å². The third kappa shape index (κ3) is 2.36. The number of rotatable bonds is 3. The summed E-state index contributed by atoms with van der Waals surface area (Å²) in [6.07, 6.45) is 1.52. The number of aliphatic hydroxyl groups excluding tert-OH is 1. The maximum absolute atomic E-state index is 8.91. The Morgan fingerprint density at radius 3 is 2.56 bits per heavy atom. The lowest BCUT2D eigenvalue weighted by atomic mass is 10.2. The highest BCUT2D eigenvalue weighted by molar-refractivity contribution is 5.27. The van der Waals surface area contributed by atoms with E-state index in [-0.39, 0.29) is 6.61 Å². The summed E-state index contributed by atoms with van der Waals surface area (Å²) >= 11 is 0. The fraction of sp³-hybridized carbons (Fsp3) is 0.727. The Balaban J connectivity index is 1.93. The fourth-order valence-corrected chi connectivity index (χ4v) is 1.94. The SMILES string of the molecule is CC(C)N1CCN(c2nc(CO)co2)CC1. The van der Waals surface area contributed by atoms with Gasteiger partial charge in [0.2, 0.25) is 0 Å². The molecular formula is C11H19N3O2. The van der Waals surface area contributed by atoms with Crippen LogP contribution in [0.2, 0.25) is 0 Å². The van der Waals surface area contributed by atoms with E-state index in [1.54, 1.807) is 0 Å². The van der Waals surface area contributed by atoms with E-state index in [1.807, 2.05) is 0 Å². The van der Waals surface area contributed by atoms with Gasteiger partial charge in [-0.15, -0.1) is 0 Å². The summed E-state index contributed by atoms with van der Waals surface area (Å²) in [6, 6.07) is 1.23. The average Bonchev–Trinajstić information content (AvgIpc) is 2.77. The lowest BCUT2D eigenvalue weighted by Gasteiger charge is -2.36. The van der Waals surface area contributed by atoms with Gasteiger partial charge in [0, 0.05) is 32.2 Å². The van der Waals surface area contributed by atoms with E-state index in [1.165, 1.54) is 6.26 Å². The topological polar surface area (TPSA) is 52.7 Å². The van der Waals surface area contributed by atoms with E-state index in [0.717, 1.165) is 26.2 Å². The van der Waals surface area contributed by atoms with Crippen molar-refractivity contribution in [1.29, 1.82) is 0 Å². The molecule has 1 aliphatic heterocycles. The molecule has 1 aliphatic rings. The van der Waals surface area contributed by atoms with Gasteiger partial charge in [-0.2, -0.15) is 4.98 Å². The Hall–Kier alpha value is -1.07. The lowest BCUT2D eigenvalue weighted by Crippen LogP contribution is -2.49. The number of hydrogen-bond donors (Lipinski definition) is 1. The van der Waals surface area contributed by atoms with E-state index >= 15 is 0 Å². The lowest BCUT2D eigenvalue weighted by molar-refractivity contribution is 0.206. The molecule has 1 N–H and O–H groups in total. The third-order valence-electron chi connectivity index (χ3n) is 3.02. The van der Waals surface area contributed by atoms with Crippen LogP contribution >= 0.6 is 0 Å². The number of aromatic nitrogens is 1. The first-order valence-electron chi connectivity index (χ1n) is 5.75. The summed E-state index contributed by atoms with van der Waals surface area (Å²) in [6.45, 7) is 8.31. The predicted octanol–water partition coefficient (Wildman–Crippen LogP) is 0.697. The minimum absolute atomic E-state index is 0.0601. The van der Waals surface area contributed by atoms with Gasteiger partial charge in [-0.3, -0.25) is 4.90 Å². The maximum Gasteiger partial charge on any atom is 0.297 e. The van der Waals surface area contributed by atoms with Crippen LogP contribution in [-0.4, -0.2) is 47.2 Å². The Kier molecular flexibility index (Phi) is 3.46. The monoisotopic (exact) mass is 225 g/mol. The number of nitrogens with zero attached hydrogens (tertiary/aromatic N) is 3. The number of piperazine rings is 1. The zero-order valence-electron chi connectivity index (χ0n) is 9.89. The van der Waals surface area contributed by atoms with Crippen molar-refractivity contribution in [3.63, 3.8) is 0 Å². The van der Waals surface area contributed by atoms with Crippen molar-refractivity contribution in [3.8, 4) is 0 Å². The van der Waals surface area contributed by atoms with Crippen LogP contribution in [0.25, 0.3) is 0 Å². The van der Waals surface area contributed by atoms with Crippen molar-refractivity contribution in [2.75, 3.05) is 31.1 Å². The highest BCUT2D eigenvalue weighted by Crippen LogP contribution is 2.16. The van der Waals surface area contributed by atoms with Gasteiger partial charge >= 0.3 is 0 Å². The summed E-state index contributed by atoms with van der Waals surface area (Å²) in [7, 11) is 0. The molecule has 1 aromatic rings. The molecule has 5 heteroatoms. The summed E-state index contributed by atoms with van der Waals surface area (Å²) < 4.78 is 5.33. The molecule has 2 rings (SSSR count). The van der Waals surface area contributed by atoms with Crippen LogP contribution in [0.4, 0.5) is 6.01 Å². The minimum Gasteiger partial charge on any atom is -0.432 e. The first-order chi connectivity index (χ1) is 7.70. The Bertz CT molecular complexity index is 330. The molecule has 0 amide bonds. The van der Waals surface area contributed by atoms with E-state index in [4.69, 9.17) is 9.52 Å². The quantitative estimate of drug-likeness (QED) is 0.820. The molecule has 0 saturated carbocycles. The highest BCUT2D eigenvalue weighted by atomic mass is 16.4. The summed E-state index contributed by atoms with van der Waals surface area (Å²) in [4.78, 5) is 8.77. The molecular weight excluding hydrogens is 206 g/mol. The third-order valence-corrected chi connectivity index (χ3v) is 3.02. The largest absolute Gasteiger partial charge is 0.432 e. The second-order valence-corrected chi connectivity index (χ2v) is 4.40. The second kappa shape index (κ2) is 4.84. The van der Waals surface area contributed by atoms with Crippen molar-refractivity contribution >= 4 is 6.01 Å². The predicted molar refractivity (Wildman–Crippen MR) is 61.3 cm³/mol. The Morgan fingerprint density at radius 2 is 2.06 bits per heavy atom. The van der Waals surface area contributed by atoms with Crippen LogP contribution in [0.5, 0.6) is 0 Å². The molecule has 1 saturated heterocycles. The normalized spacial score (nSPS) is 18.4. The van der Waals surface area contributed by atoms with Gasteiger partial charge in [0.05, 0.1) is 6.61 Å². The molecule has 0 atom stereocenters. The number of aliphatic hydroxyl groups is 1. The molecule has 1 fully saturated rings. The molecule has 0 aromatic carbocycles. The van der Waals surface area contributed by atoms with E-state index in [2.05, 4.69) is 28.6 Å². The van der Waals surface area contributed by atoms with Gasteiger partial charge in [-0.1, -0.05) is 0 Å². The van der Waals surface area contributed by atoms with Crippen LogP contribution in [0.1, 0.15) is 19.5 Å². The molecule has 0 radical (unpaired) electrons. The van der Waals surface area contributed by atoms with Crippen molar-refractivity contribution in [2.24, 2.45) is 0 Å². The van der Waals surface area contributed by atoms with Crippen LogP contribution < -0.4 is 4.90 Å². The highest BCUT2D eigenvalue weighted by Gasteiger charge is 2.21. The Labute approximate surface area is 95.7 Å². The summed E-state index contributed by atoms with van der Waals surface area (Å²) in [5.41, 5.74) is 0.598. The maximum atomic E-state index is 8.91. The van der Waals surface area contributed by atoms with Gasteiger partial charge in [0.1, 0.15) is 12.0 Å². The van der Waals surface area contributed by atoms with Crippen molar-refractivity contribution in [1.82, 2.24) is 9.88 Å². The molecule has 0 spiro atoms. The van der Waals surface area contributed by atoms with E-state index in [0.29, 0.717) is 17.8 Å². The molecule has 1 aromatic heterocycles. The number of anilines is 1. The number of oxazole rings is 1. The molecule has 0 bridgehead atoms. The molecule has 0 unspecified atom stereocenters. The molecule has 5 nitrogen and oxygen atoms in total. The average molecular weight is 225 g/mol. The molecule has 2 heterocycles. The van der Waals surface area contributed by atoms with Gasteiger partial charge in [0.25, 0.3) is 6.01 Å². The Morgan fingerprint density at radius 1 is 1.38 bits per heavy atom. The van der Waals surface area contributed by atoms with Gasteiger partial charge in [0.15, 0.2) is 0 Å². The van der Waals surface area contributed by atoms with Crippen LogP contribution in [0.15, 0.2) is 10.7 Å². The van der Waals surface area contributed by atoms with Gasteiger partial charge in [-0.25, -0.2) is 0 Å².